The van der Waals surface area contributed by atoms with Gasteiger partial charge in [0, 0.05) is 0 Å². The van der Waals surface area contributed by atoms with Gasteiger partial charge in [-0.3, -0.25) is 0 Å². The van der Waals surface area contributed by atoms with E-state index in [-0.39, 0.29) is 5.60 Å². The fourth-order valence-electron chi connectivity index (χ4n) is 3.99. The minimum atomic E-state index is -0.118. The number of allylic oxidation sites excluding steroid dienone is 6. The van der Waals surface area contributed by atoms with Crippen molar-refractivity contribution in [2.24, 2.45) is 0 Å². The molecule has 1 aromatic carbocycles. The molecule has 0 aromatic heterocycles. The van der Waals surface area contributed by atoms with Crippen molar-refractivity contribution in [2.75, 3.05) is 0 Å². The number of aromatic hydroxyl groups is 1. The molecule has 0 spiro atoms. The van der Waals surface area contributed by atoms with Crippen molar-refractivity contribution in [2.45, 2.75) is 98.5 Å². The molecule has 29 heavy (non-hydrogen) atoms. The molecule has 1 atom stereocenters. The van der Waals surface area contributed by atoms with E-state index in [1.165, 1.54) is 23.1 Å². The summed E-state index contributed by atoms with van der Waals surface area (Å²) in [6.45, 7) is 13.1. The van der Waals surface area contributed by atoms with Gasteiger partial charge < -0.3 is 9.84 Å². The van der Waals surface area contributed by atoms with Gasteiger partial charge in [0.2, 0.25) is 0 Å². The van der Waals surface area contributed by atoms with Crippen LogP contribution in [0.25, 0.3) is 0 Å². The third-order valence-electron chi connectivity index (χ3n) is 5.90. The van der Waals surface area contributed by atoms with Gasteiger partial charge >= 0.3 is 0 Å². The number of rotatable bonds is 9. The first kappa shape index (κ1) is 23.3. The van der Waals surface area contributed by atoms with Crippen LogP contribution in [-0.4, -0.2) is 10.7 Å². The van der Waals surface area contributed by atoms with Crippen molar-refractivity contribution in [3.63, 3.8) is 0 Å². The van der Waals surface area contributed by atoms with Gasteiger partial charge in [-0.05, 0) is 116 Å². The van der Waals surface area contributed by atoms with Crippen LogP contribution >= 0.6 is 0 Å². The summed E-state index contributed by atoms with van der Waals surface area (Å²) in [7, 11) is 0. The third kappa shape index (κ3) is 7.76. The molecule has 2 nitrogen and oxygen atoms in total. The summed E-state index contributed by atoms with van der Waals surface area (Å²) in [6, 6.07) is 3.64. The molecule has 2 rings (SSSR count). The molecule has 0 saturated heterocycles. The molecule has 0 bridgehead atoms. The summed E-state index contributed by atoms with van der Waals surface area (Å²) in [5, 5.41) is 9.80. The summed E-state index contributed by atoms with van der Waals surface area (Å²) in [6.07, 6.45) is 15.8. The predicted molar refractivity (Wildman–Crippen MR) is 125 cm³/mol. The number of hydrogen-bond acceptors (Lipinski definition) is 2. The summed E-state index contributed by atoms with van der Waals surface area (Å²) in [5.41, 5.74) is 6.43. The summed E-state index contributed by atoms with van der Waals surface area (Å²) >= 11 is 0. The van der Waals surface area contributed by atoms with E-state index in [1.807, 2.05) is 13.0 Å². The molecule has 0 aliphatic carbocycles. The molecular formula is C27H40O2. The molecule has 0 unspecified atom stereocenters. The highest BCUT2D eigenvalue weighted by Crippen LogP contribution is 2.39. The van der Waals surface area contributed by atoms with Crippen LogP contribution in [0.4, 0.5) is 0 Å². The number of phenolic OH excluding ortho intramolecular Hbond substituents is 1. The van der Waals surface area contributed by atoms with E-state index in [4.69, 9.17) is 4.74 Å². The average molecular weight is 397 g/mol. The summed E-state index contributed by atoms with van der Waals surface area (Å²) < 4.78 is 6.40. The number of fused-ring (bicyclic) bond motifs is 1. The first-order valence-electron chi connectivity index (χ1n) is 11.1. The minimum absolute atomic E-state index is 0.118. The van der Waals surface area contributed by atoms with E-state index in [1.54, 1.807) is 6.07 Å². The Morgan fingerprint density at radius 1 is 1.00 bits per heavy atom. The fraction of sp³-hybridized carbons (Fsp3) is 0.556. The lowest BCUT2D eigenvalue weighted by atomic mass is 9.87. The van der Waals surface area contributed by atoms with Gasteiger partial charge in [-0.15, -0.1) is 0 Å². The second-order valence-corrected chi connectivity index (χ2v) is 9.30. The molecule has 1 aliphatic heterocycles. The summed E-state index contributed by atoms with van der Waals surface area (Å²) in [5.74, 6) is 1.32. The van der Waals surface area contributed by atoms with Gasteiger partial charge in [0.15, 0.2) is 0 Å². The van der Waals surface area contributed by atoms with Gasteiger partial charge in [-0.1, -0.05) is 34.9 Å². The van der Waals surface area contributed by atoms with E-state index >= 15 is 0 Å². The van der Waals surface area contributed by atoms with Crippen LogP contribution in [0.15, 0.2) is 47.1 Å². The second kappa shape index (κ2) is 10.7. The molecule has 0 amide bonds. The second-order valence-electron chi connectivity index (χ2n) is 9.30. The first-order valence-corrected chi connectivity index (χ1v) is 11.1. The molecule has 160 valence electrons. The van der Waals surface area contributed by atoms with Crippen LogP contribution in [0.5, 0.6) is 11.5 Å². The standard InChI is InChI=1S/C27H40O2/c1-20(2)10-7-11-21(3)12-8-13-22(4)14-9-16-27(6)17-15-24-19-25(28)18-23(5)26(24)29-27/h10,12,14,18-19,28H,7-9,11,13,15-17H2,1-6H3/b21-12+,22-14-/t27-/m1/s1. The Kier molecular flexibility index (Phi) is 8.61. The third-order valence-corrected chi connectivity index (χ3v) is 5.90. The Hall–Kier alpha value is -1.96. The van der Waals surface area contributed by atoms with Gasteiger partial charge in [0.1, 0.15) is 17.1 Å². The zero-order valence-electron chi connectivity index (χ0n) is 19.4. The molecule has 2 heteroatoms. The van der Waals surface area contributed by atoms with E-state index in [0.717, 1.165) is 61.8 Å². The average Bonchev–Trinajstić information content (AvgIpc) is 2.62. The Labute approximate surface area is 178 Å². The molecule has 1 heterocycles. The number of ether oxygens (including phenoxy) is 1. The lowest BCUT2D eigenvalue weighted by molar-refractivity contribution is 0.0561. The SMILES string of the molecule is CC(C)=CCC/C(C)=C/CC/C(C)=C\CC[C@]1(C)CCc2cc(O)cc(C)c2O1. The highest BCUT2D eigenvalue weighted by molar-refractivity contribution is 5.47. The van der Waals surface area contributed by atoms with Crippen molar-refractivity contribution in [1.82, 2.24) is 0 Å². The maximum absolute atomic E-state index is 9.80. The molecule has 1 N–H and O–H groups in total. The Bertz CT molecular complexity index is 778. The lowest BCUT2D eigenvalue weighted by Crippen LogP contribution is -2.36. The van der Waals surface area contributed by atoms with Crippen molar-refractivity contribution in [3.05, 3.63) is 58.2 Å². The van der Waals surface area contributed by atoms with Crippen LogP contribution in [0, 0.1) is 6.92 Å². The molecule has 0 radical (unpaired) electrons. The minimum Gasteiger partial charge on any atom is -0.508 e. The first-order chi connectivity index (χ1) is 13.7. The van der Waals surface area contributed by atoms with Gasteiger partial charge in [-0.25, -0.2) is 0 Å². The van der Waals surface area contributed by atoms with E-state index in [0.29, 0.717) is 5.75 Å². The number of aryl methyl sites for hydroxylation is 2. The van der Waals surface area contributed by atoms with Gasteiger partial charge in [0.05, 0.1) is 0 Å². The molecule has 0 fully saturated rings. The normalized spacial score (nSPS) is 19.5. The van der Waals surface area contributed by atoms with Crippen LogP contribution in [-0.2, 0) is 6.42 Å². The number of benzene rings is 1. The fourth-order valence-corrected chi connectivity index (χ4v) is 3.99. The zero-order valence-corrected chi connectivity index (χ0v) is 19.4. The zero-order chi connectivity index (χ0) is 21.4. The highest BCUT2D eigenvalue weighted by Gasteiger charge is 2.31. The maximum atomic E-state index is 9.80. The molecule has 1 aliphatic rings. The molecule has 1 aromatic rings. The van der Waals surface area contributed by atoms with Crippen LogP contribution < -0.4 is 4.74 Å². The lowest BCUT2D eigenvalue weighted by Gasteiger charge is -2.36. The van der Waals surface area contributed by atoms with E-state index < -0.39 is 0 Å². The van der Waals surface area contributed by atoms with E-state index in [2.05, 4.69) is 52.8 Å². The van der Waals surface area contributed by atoms with Crippen molar-refractivity contribution < 1.29 is 9.84 Å². The van der Waals surface area contributed by atoms with Crippen molar-refractivity contribution in [1.29, 1.82) is 0 Å². The Morgan fingerprint density at radius 3 is 2.28 bits per heavy atom. The summed E-state index contributed by atoms with van der Waals surface area (Å²) in [4.78, 5) is 0. The molecule has 0 saturated carbocycles. The maximum Gasteiger partial charge on any atom is 0.126 e. The van der Waals surface area contributed by atoms with Crippen molar-refractivity contribution >= 4 is 0 Å². The Balaban J connectivity index is 1.79. The Morgan fingerprint density at radius 2 is 1.62 bits per heavy atom. The van der Waals surface area contributed by atoms with Gasteiger partial charge in [-0.2, -0.15) is 0 Å². The van der Waals surface area contributed by atoms with Crippen molar-refractivity contribution in [3.8, 4) is 11.5 Å². The van der Waals surface area contributed by atoms with E-state index in [9.17, 15) is 5.11 Å². The van der Waals surface area contributed by atoms with Gasteiger partial charge in [0.25, 0.3) is 0 Å². The largest absolute Gasteiger partial charge is 0.508 e. The number of phenols is 1. The van der Waals surface area contributed by atoms with Crippen LogP contribution in [0.3, 0.4) is 0 Å². The number of hydrogen-bond donors (Lipinski definition) is 1. The smallest absolute Gasteiger partial charge is 0.126 e. The van der Waals surface area contributed by atoms with Crippen LogP contribution in [0.1, 0.15) is 90.7 Å². The highest BCUT2D eigenvalue weighted by atomic mass is 16.5. The monoisotopic (exact) mass is 396 g/mol. The van der Waals surface area contributed by atoms with Crippen LogP contribution in [0.2, 0.25) is 0 Å². The molecular weight excluding hydrogens is 356 g/mol. The quantitative estimate of drug-likeness (QED) is 0.429. The topological polar surface area (TPSA) is 29.5 Å². The predicted octanol–water partition coefficient (Wildman–Crippen LogP) is 7.98.